The van der Waals surface area contributed by atoms with Crippen LogP contribution in [0.5, 0.6) is 0 Å². The maximum atomic E-state index is 13.0. The van der Waals surface area contributed by atoms with Crippen LogP contribution in [-0.4, -0.2) is 25.2 Å². The first kappa shape index (κ1) is 14.2. The number of rotatable bonds is 4. The lowest BCUT2D eigenvalue weighted by Gasteiger charge is -2.07. The van der Waals surface area contributed by atoms with Crippen molar-refractivity contribution in [2.24, 2.45) is 0 Å². The van der Waals surface area contributed by atoms with E-state index >= 15 is 0 Å². The molecule has 0 radical (unpaired) electrons. The number of carbonyl (C=O) groups is 2. The zero-order valence-electron chi connectivity index (χ0n) is 9.54. The van der Waals surface area contributed by atoms with Crippen molar-refractivity contribution in [1.82, 2.24) is 0 Å². The van der Waals surface area contributed by atoms with Gasteiger partial charge in [0.1, 0.15) is 5.82 Å². The van der Waals surface area contributed by atoms with E-state index in [9.17, 15) is 14.0 Å². The van der Waals surface area contributed by atoms with Crippen molar-refractivity contribution in [2.45, 2.75) is 6.92 Å². The Morgan fingerprint density at radius 3 is 2.67 bits per heavy atom. The first-order chi connectivity index (χ1) is 8.45. The summed E-state index contributed by atoms with van der Waals surface area (Å²) < 4.78 is 22.2. The molecule has 0 spiro atoms. The van der Waals surface area contributed by atoms with Gasteiger partial charge in [0.25, 0.3) is 0 Å². The second-order valence-corrected chi connectivity index (χ2v) is 3.64. The van der Waals surface area contributed by atoms with Crippen LogP contribution in [0.15, 0.2) is 12.1 Å². The fraction of sp³-hybridized carbons (Fsp3) is 0.273. The number of anilines is 1. The van der Waals surface area contributed by atoms with Crippen LogP contribution >= 0.6 is 11.6 Å². The normalized spacial score (nSPS) is 9.94. The van der Waals surface area contributed by atoms with Crippen molar-refractivity contribution in [1.29, 1.82) is 0 Å². The number of ether oxygens (including phenoxy) is 2. The SMILES string of the molecule is CCOC(=O)COC(=O)c1cc(N)c(F)cc1Cl. The van der Waals surface area contributed by atoms with Crippen molar-refractivity contribution in [3.8, 4) is 0 Å². The van der Waals surface area contributed by atoms with E-state index in [2.05, 4.69) is 9.47 Å². The summed E-state index contributed by atoms with van der Waals surface area (Å²) >= 11 is 5.66. The second-order valence-electron chi connectivity index (χ2n) is 3.23. The number of nitrogen functional groups attached to an aromatic ring is 1. The van der Waals surface area contributed by atoms with Gasteiger partial charge in [-0.25, -0.2) is 14.0 Å². The highest BCUT2D eigenvalue weighted by Gasteiger charge is 2.16. The number of esters is 2. The van der Waals surface area contributed by atoms with E-state index in [1.54, 1.807) is 6.92 Å². The van der Waals surface area contributed by atoms with E-state index in [0.29, 0.717) is 0 Å². The molecule has 0 fully saturated rings. The van der Waals surface area contributed by atoms with Crippen LogP contribution in [0.4, 0.5) is 10.1 Å². The molecule has 1 aromatic rings. The molecule has 0 saturated carbocycles. The zero-order valence-corrected chi connectivity index (χ0v) is 10.3. The highest BCUT2D eigenvalue weighted by Crippen LogP contribution is 2.22. The molecule has 98 valence electrons. The molecule has 18 heavy (non-hydrogen) atoms. The van der Waals surface area contributed by atoms with Crippen molar-refractivity contribution >= 4 is 29.2 Å². The van der Waals surface area contributed by atoms with Crippen LogP contribution in [0.25, 0.3) is 0 Å². The Hall–Kier alpha value is -1.82. The van der Waals surface area contributed by atoms with Gasteiger partial charge in [-0.3, -0.25) is 0 Å². The zero-order chi connectivity index (χ0) is 13.7. The molecule has 7 heteroatoms. The summed E-state index contributed by atoms with van der Waals surface area (Å²) in [5.74, 6) is -2.29. The van der Waals surface area contributed by atoms with Crippen molar-refractivity contribution < 1.29 is 23.5 Å². The molecule has 0 aliphatic heterocycles. The number of hydrogen-bond acceptors (Lipinski definition) is 5. The van der Waals surface area contributed by atoms with Crippen LogP contribution in [0.2, 0.25) is 5.02 Å². The van der Waals surface area contributed by atoms with Crippen LogP contribution in [0, 0.1) is 5.82 Å². The molecular formula is C11H11ClFNO4. The lowest BCUT2D eigenvalue weighted by Crippen LogP contribution is -2.17. The summed E-state index contributed by atoms with van der Waals surface area (Å²) in [4.78, 5) is 22.5. The molecule has 0 heterocycles. The summed E-state index contributed by atoms with van der Waals surface area (Å²) in [5, 5.41) is -0.143. The van der Waals surface area contributed by atoms with Crippen LogP contribution in [0.3, 0.4) is 0 Å². The van der Waals surface area contributed by atoms with Gasteiger partial charge < -0.3 is 15.2 Å². The lowest BCUT2D eigenvalue weighted by atomic mass is 10.2. The summed E-state index contributed by atoms with van der Waals surface area (Å²) in [6.45, 7) is 1.26. The van der Waals surface area contributed by atoms with Crippen LogP contribution < -0.4 is 5.73 Å². The van der Waals surface area contributed by atoms with E-state index in [1.165, 1.54) is 0 Å². The van der Waals surface area contributed by atoms with Gasteiger partial charge in [-0.15, -0.1) is 0 Å². The lowest BCUT2D eigenvalue weighted by molar-refractivity contribution is -0.146. The van der Waals surface area contributed by atoms with E-state index in [-0.39, 0.29) is 22.9 Å². The van der Waals surface area contributed by atoms with Gasteiger partial charge in [0, 0.05) is 0 Å². The quantitative estimate of drug-likeness (QED) is 0.669. The Labute approximate surface area is 108 Å². The topological polar surface area (TPSA) is 78.6 Å². The minimum atomic E-state index is -0.875. The van der Waals surface area contributed by atoms with Gasteiger partial charge in [0.05, 0.1) is 22.9 Å². The Kier molecular flexibility index (Phi) is 4.91. The van der Waals surface area contributed by atoms with E-state index in [1.807, 2.05) is 0 Å². The molecule has 0 aromatic heterocycles. The minimum absolute atomic E-state index is 0.111. The summed E-state index contributed by atoms with van der Waals surface area (Å²) in [5.41, 5.74) is 4.95. The van der Waals surface area contributed by atoms with E-state index < -0.39 is 24.4 Å². The predicted molar refractivity (Wildman–Crippen MR) is 62.7 cm³/mol. The number of benzene rings is 1. The van der Waals surface area contributed by atoms with Crippen LogP contribution in [0.1, 0.15) is 17.3 Å². The van der Waals surface area contributed by atoms with Gasteiger partial charge >= 0.3 is 11.9 Å². The fourth-order valence-electron chi connectivity index (χ4n) is 1.13. The van der Waals surface area contributed by atoms with Gasteiger partial charge in [-0.2, -0.15) is 0 Å². The largest absolute Gasteiger partial charge is 0.463 e. The molecular weight excluding hydrogens is 265 g/mol. The number of halogens is 2. The molecule has 0 saturated heterocycles. The average molecular weight is 276 g/mol. The molecule has 0 amide bonds. The number of hydrogen-bond donors (Lipinski definition) is 1. The van der Waals surface area contributed by atoms with Gasteiger partial charge in [0.2, 0.25) is 0 Å². The third-order valence-corrected chi connectivity index (χ3v) is 2.25. The molecule has 2 N–H and O–H groups in total. The van der Waals surface area contributed by atoms with Crippen molar-refractivity contribution in [2.75, 3.05) is 18.9 Å². The van der Waals surface area contributed by atoms with Gasteiger partial charge in [0.15, 0.2) is 6.61 Å². The predicted octanol–water partition coefficient (Wildman–Crippen LogP) is 1.78. The highest BCUT2D eigenvalue weighted by atomic mass is 35.5. The Balaban J connectivity index is 2.73. The summed E-state index contributed by atoms with van der Waals surface area (Å²) in [6.07, 6.45) is 0. The molecule has 0 aliphatic rings. The average Bonchev–Trinajstić information content (AvgIpc) is 2.31. The smallest absolute Gasteiger partial charge is 0.344 e. The maximum absolute atomic E-state index is 13.0. The Bertz CT molecular complexity index is 478. The third kappa shape index (κ3) is 3.59. The highest BCUT2D eigenvalue weighted by molar-refractivity contribution is 6.33. The first-order valence-electron chi connectivity index (χ1n) is 5.03. The van der Waals surface area contributed by atoms with Crippen molar-refractivity contribution in [3.05, 3.63) is 28.5 Å². The molecule has 1 aromatic carbocycles. The first-order valence-corrected chi connectivity index (χ1v) is 5.40. The number of carbonyl (C=O) groups excluding carboxylic acids is 2. The van der Waals surface area contributed by atoms with Gasteiger partial charge in [-0.1, -0.05) is 11.6 Å². The number of nitrogens with two attached hydrogens (primary N) is 1. The molecule has 0 aliphatic carbocycles. The minimum Gasteiger partial charge on any atom is -0.463 e. The fourth-order valence-corrected chi connectivity index (χ4v) is 1.35. The van der Waals surface area contributed by atoms with E-state index in [0.717, 1.165) is 12.1 Å². The van der Waals surface area contributed by atoms with E-state index in [4.69, 9.17) is 17.3 Å². The Morgan fingerprint density at radius 1 is 1.39 bits per heavy atom. The Morgan fingerprint density at radius 2 is 2.06 bits per heavy atom. The summed E-state index contributed by atoms with van der Waals surface area (Å²) in [7, 11) is 0. The molecule has 0 bridgehead atoms. The molecule has 5 nitrogen and oxygen atoms in total. The molecule has 1 rings (SSSR count). The standard InChI is InChI=1S/C11H11ClFNO4/c1-2-17-10(15)5-18-11(16)6-3-9(14)8(13)4-7(6)12/h3-4H,2,5,14H2,1H3. The third-order valence-electron chi connectivity index (χ3n) is 1.93. The monoisotopic (exact) mass is 275 g/mol. The summed E-state index contributed by atoms with van der Waals surface area (Å²) in [6, 6.07) is 1.95. The molecule has 0 atom stereocenters. The van der Waals surface area contributed by atoms with Crippen molar-refractivity contribution in [3.63, 3.8) is 0 Å². The van der Waals surface area contributed by atoms with Crippen LogP contribution in [-0.2, 0) is 14.3 Å². The molecule has 0 unspecified atom stereocenters. The van der Waals surface area contributed by atoms with Gasteiger partial charge in [-0.05, 0) is 19.1 Å². The maximum Gasteiger partial charge on any atom is 0.344 e. The second kappa shape index (κ2) is 6.20.